The molecule has 2 spiro atoms. The summed E-state index contributed by atoms with van der Waals surface area (Å²) in [6.07, 6.45) is 0. The van der Waals surface area contributed by atoms with Crippen molar-refractivity contribution in [3.63, 3.8) is 0 Å². The van der Waals surface area contributed by atoms with E-state index < -0.39 is 10.8 Å². The lowest BCUT2D eigenvalue weighted by molar-refractivity contribution is -0.120. The topological polar surface area (TPSA) is 114 Å². The third-order valence-electron chi connectivity index (χ3n) is 8.97. The highest BCUT2D eigenvalue weighted by atomic mass is 16.7. The highest BCUT2D eigenvalue weighted by Gasteiger charge is 2.55. The summed E-state index contributed by atoms with van der Waals surface area (Å²) >= 11 is 0. The summed E-state index contributed by atoms with van der Waals surface area (Å²) in [6, 6.07) is 22.9. The summed E-state index contributed by atoms with van der Waals surface area (Å²) in [4.78, 5) is 25.4. The van der Waals surface area contributed by atoms with Crippen molar-refractivity contribution >= 4 is 23.2 Å². The van der Waals surface area contributed by atoms with Gasteiger partial charge < -0.3 is 39.1 Å². The van der Waals surface area contributed by atoms with Gasteiger partial charge in [0.15, 0.2) is 23.0 Å². The summed E-state index contributed by atoms with van der Waals surface area (Å²) < 4.78 is 33.7. The van der Waals surface area contributed by atoms with Gasteiger partial charge in [0.2, 0.25) is 18.6 Å². The van der Waals surface area contributed by atoms with Crippen LogP contribution in [0.3, 0.4) is 0 Å². The van der Waals surface area contributed by atoms with Gasteiger partial charge in [0.25, 0.3) is 0 Å². The van der Waals surface area contributed by atoms with Crippen LogP contribution in [-0.2, 0) is 20.4 Å². The second-order valence-corrected chi connectivity index (χ2v) is 11.1. The van der Waals surface area contributed by atoms with Crippen molar-refractivity contribution in [3.05, 3.63) is 95.1 Å². The van der Waals surface area contributed by atoms with E-state index in [1.54, 1.807) is 6.07 Å². The average molecular weight is 577 g/mol. The van der Waals surface area contributed by atoms with E-state index in [4.69, 9.17) is 28.4 Å². The van der Waals surface area contributed by atoms with Crippen LogP contribution in [0.2, 0.25) is 0 Å². The predicted octanol–water partition coefficient (Wildman–Crippen LogP) is 4.13. The first-order valence-electron chi connectivity index (χ1n) is 14.0. The third kappa shape index (κ3) is 3.17. The number of hydrogen-bond acceptors (Lipinski definition) is 8. The minimum absolute atomic E-state index is 0.0517. The Balaban J connectivity index is 0.000000121. The predicted molar refractivity (Wildman–Crippen MR) is 153 cm³/mol. The third-order valence-corrected chi connectivity index (χ3v) is 8.97. The SMILES string of the molecule is O=C1Nc2ccccc2C12COc1cc3c(cc12)OCCO3.O=C1Nc2ccccc2C12COc1cc3c(cc12)OCO3. The van der Waals surface area contributed by atoms with Crippen LogP contribution in [0, 0.1) is 0 Å². The van der Waals surface area contributed by atoms with E-state index >= 15 is 0 Å². The number of ether oxygens (including phenoxy) is 6. The minimum Gasteiger partial charge on any atom is -0.491 e. The summed E-state index contributed by atoms with van der Waals surface area (Å²) in [6.45, 7) is 1.85. The molecule has 43 heavy (non-hydrogen) atoms. The average Bonchev–Trinajstić information content (AvgIpc) is 3.84. The molecule has 0 saturated carbocycles. The van der Waals surface area contributed by atoms with Gasteiger partial charge in [0.1, 0.15) is 48.8 Å². The monoisotopic (exact) mass is 576 g/mol. The van der Waals surface area contributed by atoms with Gasteiger partial charge in [-0.25, -0.2) is 0 Å². The van der Waals surface area contributed by atoms with E-state index in [0.29, 0.717) is 60.9 Å². The quantitative estimate of drug-likeness (QED) is 0.321. The normalized spacial score (nSPS) is 23.7. The number of nitrogens with one attached hydrogen (secondary N) is 2. The van der Waals surface area contributed by atoms with Gasteiger partial charge in [-0.3, -0.25) is 9.59 Å². The Morgan fingerprint density at radius 1 is 0.488 bits per heavy atom. The number of fused-ring (bicyclic) bond motifs is 10. The van der Waals surface area contributed by atoms with Gasteiger partial charge in [0, 0.05) is 34.6 Å². The van der Waals surface area contributed by atoms with Crippen molar-refractivity contribution in [2.24, 2.45) is 0 Å². The number of rotatable bonds is 0. The van der Waals surface area contributed by atoms with Crippen molar-refractivity contribution in [2.45, 2.75) is 10.8 Å². The molecule has 10 rings (SSSR count). The maximum absolute atomic E-state index is 12.7. The molecule has 0 aliphatic carbocycles. The molecule has 6 aliphatic heterocycles. The van der Waals surface area contributed by atoms with Crippen LogP contribution in [0.4, 0.5) is 11.4 Å². The Labute approximate surface area is 245 Å². The molecular formula is C33H24N2O8. The summed E-state index contributed by atoms with van der Waals surface area (Å²) in [5.41, 5.74) is 3.71. The lowest BCUT2D eigenvalue weighted by Crippen LogP contribution is -2.37. The number of para-hydroxylation sites is 2. The van der Waals surface area contributed by atoms with Crippen LogP contribution < -0.4 is 39.1 Å². The zero-order valence-corrected chi connectivity index (χ0v) is 22.7. The Kier molecular flexibility index (Phi) is 4.83. The summed E-state index contributed by atoms with van der Waals surface area (Å²) in [7, 11) is 0. The van der Waals surface area contributed by atoms with Crippen LogP contribution >= 0.6 is 0 Å². The molecule has 2 atom stereocenters. The number of carbonyl (C=O) groups excluding carboxylic acids is 2. The first-order chi connectivity index (χ1) is 21.1. The standard InChI is InChI=1S/C17H13NO4.C16H11NO4/c19-16-17(10-3-1-2-4-12(10)18-16)9-22-13-8-15-14(7-11(13)17)20-5-6-21-15;18-15-16(9-3-1-2-4-11(9)17-15)7-19-12-6-14-13(5-10(12)16)20-8-21-14/h1-4,7-8H,5-6,9H2,(H,18,19);1-6H,7-8H2,(H,17,18). The van der Waals surface area contributed by atoms with Crippen LogP contribution in [0.1, 0.15) is 22.3 Å². The maximum atomic E-state index is 12.7. The number of hydrogen-bond donors (Lipinski definition) is 2. The van der Waals surface area contributed by atoms with E-state index in [0.717, 1.165) is 33.6 Å². The summed E-state index contributed by atoms with van der Waals surface area (Å²) in [5, 5.41) is 5.91. The van der Waals surface area contributed by atoms with Crippen LogP contribution in [0.15, 0.2) is 72.8 Å². The van der Waals surface area contributed by atoms with Gasteiger partial charge >= 0.3 is 0 Å². The summed E-state index contributed by atoms with van der Waals surface area (Å²) in [5.74, 6) is 3.95. The molecule has 4 aromatic carbocycles. The molecule has 2 amide bonds. The van der Waals surface area contributed by atoms with Gasteiger partial charge in [-0.05, 0) is 35.4 Å². The van der Waals surface area contributed by atoms with Crippen molar-refractivity contribution in [1.82, 2.24) is 0 Å². The molecule has 0 fully saturated rings. The van der Waals surface area contributed by atoms with Gasteiger partial charge in [-0.2, -0.15) is 0 Å². The van der Waals surface area contributed by atoms with E-state index in [1.165, 1.54) is 0 Å². The van der Waals surface area contributed by atoms with Crippen LogP contribution in [0.25, 0.3) is 0 Å². The van der Waals surface area contributed by atoms with Crippen LogP contribution in [0.5, 0.6) is 34.5 Å². The van der Waals surface area contributed by atoms with Crippen molar-refractivity contribution in [2.75, 3.05) is 43.9 Å². The zero-order valence-electron chi connectivity index (χ0n) is 22.7. The molecule has 2 unspecified atom stereocenters. The van der Waals surface area contributed by atoms with Crippen LogP contribution in [-0.4, -0.2) is 45.0 Å². The highest BCUT2D eigenvalue weighted by molar-refractivity contribution is 6.10. The van der Waals surface area contributed by atoms with E-state index in [2.05, 4.69) is 10.6 Å². The number of carbonyl (C=O) groups is 2. The van der Waals surface area contributed by atoms with Gasteiger partial charge in [-0.15, -0.1) is 0 Å². The molecule has 6 aliphatic rings. The molecular weight excluding hydrogens is 552 g/mol. The van der Waals surface area contributed by atoms with E-state index in [-0.39, 0.29) is 18.6 Å². The maximum Gasteiger partial charge on any atom is 0.243 e. The largest absolute Gasteiger partial charge is 0.491 e. The zero-order chi connectivity index (χ0) is 28.8. The first kappa shape index (κ1) is 24.2. The minimum atomic E-state index is -0.790. The molecule has 214 valence electrons. The Hall–Kier alpha value is -5.38. The second-order valence-electron chi connectivity index (χ2n) is 11.1. The molecule has 0 radical (unpaired) electrons. The molecule has 2 N–H and O–H groups in total. The Morgan fingerprint density at radius 3 is 1.47 bits per heavy atom. The number of benzene rings is 4. The van der Waals surface area contributed by atoms with Crippen molar-refractivity contribution < 1.29 is 38.0 Å². The van der Waals surface area contributed by atoms with Gasteiger partial charge in [-0.1, -0.05) is 36.4 Å². The second kappa shape index (κ2) is 8.57. The Bertz CT molecular complexity index is 1890. The van der Waals surface area contributed by atoms with Gasteiger partial charge in [0.05, 0.1) is 0 Å². The molecule has 0 aromatic heterocycles. The molecule has 0 saturated heterocycles. The van der Waals surface area contributed by atoms with E-state index in [1.807, 2.05) is 66.7 Å². The first-order valence-corrected chi connectivity index (χ1v) is 14.0. The fourth-order valence-corrected chi connectivity index (χ4v) is 6.88. The van der Waals surface area contributed by atoms with E-state index in [9.17, 15) is 9.59 Å². The number of amides is 2. The fourth-order valence-electron chi connectivity index (χ4n) is 6.88. The Morgan fingerprint density at radius 2 is 0.930 bits per heavy atom. The molecule has 6 heterocycles. The number of anilines is 2. The van der Waals surface area contributed by atoms with Crippen molar-refractivity contribution in [1.29, 1.82) is 0 Å². The fraction of sp³-hybridized carbons (Fsp3) is 0.212. The van der Waals surface area contributed by atoms with Crippen molar-refractivity contribution in [3.8, 4) is 34.5 Å². The molecule has 0 bridgehead atoms. The lowest BCUT2D eigenvalue weighted by Gasteiger charge is -2.23. The molecule has 4 aromatic rings. The highest BCUT2D eigenvalue weighted by Crippen LogP contribution is 2.54. The molecule has 10 heteroatoms. The molecule has 10 nitrogen and oxygen atoms in total. The smallest absolute Gasteiger partial charge is 0.243 e. The lowest BCUT2D eigenvalue weighted by atomic mass is 9.77.